The summed E-state index contributed by atoms with van der Waals surface area (Å²) in [4.78, 5) is 2.53. The van der Waals surface area contributed by atoms with E-state index in [9.17, 15) is 0 Å². The summed E-state index contributed by atoms with van der Waals surface area (Å²) >= 11 is 0. The van der Waals surface area contributed by atoms with Crippen molar-refractivity contribution in [1.82, 2.24) is 4.90 Å². The number of benzene rings is 1. The highest BCUT2D eigenvalue weighted by Crippen LogP contribution is 2.25. The van der Waals surface area contributed by atoms with Crippen LogP contribution in [0.5, 0.6) is 5.75 Å². The maximum absolute atomic E-state index is 5.95. The average Bonchev–Trinajstić information content (AvgIpc) is 2.41. The average molecular weight is 313 g/mol. The Hall–Kier alpha value is -0.770. The molecule has 0 spiro atoms. The summed E-state index contributed by atoms with van der Waals surface area (Å²) in [6, 6.07) is 9.01. The second-order valence-electron chi connectivity index (χ2n) is 6.20. The van der Waals surface area contributed by atoms with Gasteiger partial charge >= 0.3 is 0 Å². The third-order valence-corrected chi connectivity index (χ3v) is 4.15. The van der Waals surface area contributed by atoms with E-state index in [1.165, 1.54) is 18.4 Å². The third-order valence-electron chi connectivity index (χ3n) is 4.15. The minimum absolute atomic E-state index is 0. The van der Waals surface area contributed by atoms with Gasteiger partial charge in [0.2, 0.25) is 0 Å². The van der Waals surface area contributed by atoms with E-state index >= 15 is 0 Å². The Balaban J connectivity index is 0.00000220. The summed E-state index contributed by atoms with van der Waals surface area (Å²) < 4.78 is 5.68. The molecular formula is C17H29ClN2O. The zero-order valence-corrected chi connectivity index (χ0v) is 14.2. The fraction of sp³-hybridized carbons (Fsp3) is 0.647. The molecular weight excluding hydrogens is 284 g/mol. The molecule has 4 heteroatoms. The Bertz CT molecular complexity index is 408. The lowest BCUT2D eigenvalue weighted by Gasteiger charge is -2.39. The van der Waals surface area contributed by atoms with Crippen LogP contribution >= 0.6 is 12.4 Å². The van der Waals surface area contributed by atoms with Crippen LogP contribution in [0, 0.1) is 5.92 Å². The Labute approximate surface area is 135 Å². The van der Waals surface area contributed by atoms with Gasteiger partial charge in [-0.1, -0.05) is 19.1 Å². The Morgan fingerprint density at radius 2 is 1.95 bits per heavy atom. The highest BCUT2D eigenvalue weighted by molar-refractivity contribution is 5.85. The molecule has 0 saturated carbocycles. The number of ether oxygens (including phenoxy) is 1. The van der Waals surface area contributed by atoms with Crippen molar-refractivity contribution in [2.45, 2.75) is 52.3 Å². The van der Waals surface area contributed by atoms with Gasteiger partial charge in [-0.25, -0.2) is 0 Å². The minimum Gasteiger partial charge on any atom is -0.491 e. The maximum Gasteiger partial charge on any atom is 0.119 e. The lowest BCUT2D eigenvalue weighted by molar-refractivity contribution is 0.0990. The predicted octanol–water partition coefficient (Wildman–Crippen LogP) is 3.45. The highest BCUT2D eigenvalue weighted by atomic mass is 35.5. The molecule has 1 heterocycles. The molecule has 0 amide bonds. The van der Waals surface area contributed by atoms with Gasteiger partial charge in [-0.2, -0.15) is 0 Å². The van der Waals surface area contributed by atoms with E-state index in [-0.39, 0.29) is 18.5 Å². The summed E-state index contributed by atoms with van der Waals surface area (Å²) in [6.45, 7) is 9.34. The van der Waals surface area contributed by atoms with Crippen molar-refractivity contribution < 1.29 is 4.74 Å². The van der Waals surface area contributed by atoms with E-state index in [2.05, 4.69) is 49.9 Å². The van der Waals surface area contributed by atoms with Gasteiger partial charge in [-0.15, -0.1) is 12.4 Å². The lowest BCUT2D eigenvalue weighted by Crippen LogP contribution is -2.47. The number of nitrogens with two attached hydrogens (primary N) is 1. The van der Waals surface area contributed by atoms with Crippen LogP contribution in [-0.2, 0) is 6.54 Å². The molecule has 21 heavy (non-hydrogen) atoms. The first-order chi connectivity index (χ1) is 9.60. The van der Waals surface area contributed by atoms with Gasteiger partial charge in [0.05, 0.1) is 6.10 Å². The van der Waals surface area contributed by atoms with Crippen LogP contribution in [0.15, 0.2) is 24.3 Å². The number of hydrogen-bond donors (Lipinski definition) is 1. The summed E-state index contributed by atoms with van der Waals surface area (Å²) in [5.41, 5.74) is 7.30. The van der Waals surface area contributed by atoms with Gasteiger partial charge in [-0.05, 0) is 56.8 Å². The van der Waals surface area contributed by atoms with Crippen LogP contribution in [0.25, 0.3) is 0 Å². The van der Waals surface area contributed by atoms with Gasteiger partial charge in [0.1, 0.15) is 5.75 Å². The van der Waals surface area contributed by atoms with Crippen LogP contribution < -0.4 is 10.5 Å². The number of likely N-dealkylation sites (tertiary alicyclic amines) is 1. The molecule has 1 aromatic rings. The third kappa shape index (κ3) is 5.17. The zero-order chi connectivity index (χ0) is 14.5. The van der Waals surface area contributed by atoms with E-state index < -0.39 is 0 Å². The second-order valence-corrected chi connectivity index (χ2v) is 6.20. The zero-order valence-electron chi connectivity index (χ0n) is 13.4. The molecule has 0 radical (unpaired) electrons. The minimum atomic E-state index is 0. The Morgan fingerprint density at radius 1 is 1.29 bits per heavy atom. The second kappa shape index (κ2) is 8.62. The van der Waals surface area contributed by atoms with Gasteiger partial charge < -0.3 is 10.5 Å². The van der Waals surface area contributed by atoms with Gasteiger partial charge in [-0.3, -0.25) is 4.90 Å². The van der Waals surface area contributed by atoms with Crippen LogP contribution in [0.2, 0.25) is 0 Å². The summed E-state index contributed by atoms with van der Waals surface area (Å²) in [6.07, 6.45) is 2.82. The standard InChI is InChI=1S/C17H28N2O.ClH/c1-13(2)20-16-8-6-15(7-9-16)12-19-10-4-5-14(3)17(19)11-18;/h6-9,13-14,17H,4-5,10-12,18H2,1-3H3;1H. The highest BCUT2D eigenvalue weighted by Gasteiger charge is 2.27. The Morgan fingerprint density at radius 3 is 2.52 bits per heavy atom. The smallest absolute Gasteiger partial charge is 0.119 e. The molecule has 1 fully saturated rings. The van der Waals surface area contributed by atoms with Crippen LogP contribution in [0.3, 0.4) is 0 Å². The quantitative estimate of drug-likeness (QED) is 0.905. The normalized spacial score (nSPS) is 22.9. The van der Waals surface area contributed by atoms with Crippen molar-refractivity contribution in [3.63, 3.8) is 0 Å². The fourth-order valence-corrected chi connectivity index (χ4v) is 3.09. The molecule has 1 saturated heterocycles. The SMILES string of the molecule is CC(C)Oc1ccc(CN2CCCC(C)C2CN)cc1.Cl. The van der Waals surface area contributed by atoms with Crippen LogP contribution in [-0.4, -0.2) is 30.1 Å². The predicted molar refractivity (Wildman–Crippen MR) is 91.1 cm³/mol. The van der Waals surface area contributed by atoms with Crippen molar-refractivity contribution in [3.05, 3.63) is 29.8 Å². The molecule has 1 aliphatic heterocycles. The molecule has 2 unspecified atom stereocenters. The van der Waals surface area contributed by atoms with Crippen molar-refractivity contribution in [2.75, 3.05) is 13.1 Å². The van der Waals surface area contributed by atoms with E-state index in [4.69, 9.17) is 10.5 Å². The molecule has 0 bridgehead atoms. The van der Waals surface area contributed by atoms with Crippen LogP contribution in [0.1, 0.15) is 39.2 Å². The number of halogens is 1. The van der Waals surface area contributed by atoms with Gasteiger partial charge in [0.15, 0.2) is 0 Å². The number of nitrogens with zero attached hydrogens (tertiary/aromatic N) is 1. The number of rotatable bonds is 5. The monoisotopic (exact) mass is 312 g/mol. The van der Waals surface area contributed by atoms with Crippen molar-refractivity contribution in [2.24, 2.45) is 11.7 Å². The molecule has 1 aliphatic rings. The molecule has 2 N–H and O–H groups in total. The molecule has 2 atom stereocenters. The summed E-state index contributed by atoms with van der Waals surface area (Å²) in [7, 11) is 0. The van der Waals surface area contributed by atoms with E-state index in [1.807, 2.05) is 0 Å². The van der Waals surface area contributed by atoms with E-state index in [1.54, 1.807) is 0 Å². The molecule has 0 aliphatic carbocycles. The fourth-order valence-electron chi connectivity index (χ4n) is 3.09. The number of piperidine rings is 1. The lowest BCUT2D eigenvalue weighted by atomic mass is 9.90. The molecule has 120 valence electrons. The number of hydrogen-bond acceptors (Lipinski definition) is 3. The van der Waals surface area contributed by atoms with E-state index in [0.717, 1.165) is 25.4 Å². The first-order valence-electron chi connectivity index (χ1n) is 7.80. The Kier molecular flexibility index (Phi) is 7.50. The first kappa shape index (κ1) is 18.3. The van der Waals surface area contributed by atoms with Crippen molar-refractivity contribution in [1.29, 1.82) is 0 Å². The van der Waals surface area contributed by atoms with Crippen molar-refractivity contribution >= 4 is 12.4 Å². The first-order valence-corrected chi connectivity index (χ1v) is 7.80. The molecule has 1 aromatic carbocycles. The van der Waals surface area contributed by atoms with Crippen LogP contribution in [0.4, 0.5) is 0 Å². The van der Waals surface area contributed by atoms with Gasteiger partial charge in [0.25, 0.3) is 0 Å². The topological polar surface area (TPSA) is 38.5 Å². The van der Waals surface area contributed by atoms with Gasteiger partial charge in [0, 0.05) is 19.1 Å². The summed E-state index contributed by atoms with van der Waals surface area (Å²) in [5, 5.41) is 0. The summed E-state index contributed by atoms with van der Waals surface area (Å²) in [5.74, 6) is 1.66. The largest absolute Gasteiger partial charge is 0.491 e. The van der Waals surface area contributed by atoms with E-state index in [0.29, 0.717) is 12.0 Å². The maximum atomic E-state index is 5.95. The molecule has 2 rings (SSSR count). The molecule has 3 nitrogen and oxygen atoms in total. The molecule has 0 aromatic heterocycles. The van der Waals surface area contributed by atoms with Crippen molar-refractivity contribution in [3.8, 4) is 5.75 Å².